The van der Waals surface area contributed by atoms with Crippen LogP contribution in [0.4, 0.5) is 4.79 Å². The molecular formula is C14H22N2O5. The average Bonchev–Trinajstić information content (AvgIpc) is 2.46. The Kier molecular flexibility index (Phi) is 8.52. The van der Waals surface area contributed by atoms with Crippen LogP contribution < -0.4 is 0 Å². The molecule has 0 aromatic rings. The monoisotopic (exact) mass is 298 g/mol. The number of carbonyl (C=O) groups excluding carboxylic acids is 3. The molecule has 7 heteroatoms. The van der Waals surface area contributed by atoms with Gasteiger partial charge in [-0.25, -0.2) is 4.79 Å². The van der Waals surface area contributed by atoms with E-state index in [1.807, 2.05) is 0 Å². The molecule has 0 saturated heterocycles. The fraction of sp³-hybridized carbons (Fsp3) is 0.500. The molecule has 0 aliphatic heterocycles. The van der Waals surface area contributed by atoms with Gasteiger partial charge in [-0.05, 0) is 0 Å². The van der Waals surface area contributed by atoms with Crippen molar-refractivity contribution in [3.05, 3.63) is 25.3 Å². The van der Waals surface area contributed by atoms with Crippen molar-refractivity contribution in [1.82, 2.24) is 9.80 Å². The van der Waals surface area contributed by atoms with Gasteiger partial charge in [-0.1, -0.05) is 25.3 Å². The molecular weight excluding hydrogens is 276 g/mol. The average molecular weight is 298 g/mol. The number of hydrogen-bond acceptors (Lipinski definition) is 5. The van der Waals surface area contributed by atoms with E-state index in [1.165, 1.54) is 38.2 Å². The molecule has 0 aliphatic rings. The first kappa shape index (κ1) is 18.7. The Labute approximate surface area is 124 Å². The molecule has 1 atom stereocenters. The van der Waals surface area contributed by atoms with E-state index >= 15 is 0 Å². The van der Waals surface area contributed by atoms with E-state index in [-0.39, 0.29) is 19.6 Å². The number of hydrogen-bond donors (Lipinski definition) is 0. The van der Waals surface area contributed by atoms with E-state index in [0.29, 0.717) is 0 Å². The van der Waals surface area contributed by atoms with Crippen LogP contribution in [0.1, 0.15) is 6.42 Å². The summed E-state index contributed by atoms with van der Waals surface area (Å²) in [4.78, 5) is 37.9. The first-order valence-electron chi connectivity index (χ1n) is 6.33. The molecule has 1 unspecified atom stereocenters. The lowest BCUT2D eigenvalue weighted by atomic mass is 10.1. The van der Waals surface area contributed by atoms with Gasteiger partial charge in [-0.3, -0.25) is 14.5 Å². The normalized spacial score (nSPS) is 11.0. The quantitative estimate of drug-likeness (QED) is 0.490. The minimum absolute atomic E-state index is 0.0208. The zero-order chi connectivity index (χ0) is 16.4. The number of amides is 2. The Bertz CT molecular complexity index is 406. The molecule has 0 bridgehead atoms. The summed E-state index contributed by atoms with van der Waals surface area (Å²) < 4.78 is 9.70. The van der Waals surface area contributed by atoms with Gasteiger partial charge in [0.05, 0.1) is 6.42 Å². The summed E-state index contributed by atoms with van der Waals surface area (Å²) >= 11 is 0. The van der Waals surface area contributed by atoms with E-state index in [2.05, 4.69) is 13.2 Å². The van der Waals surface area contributed by atoms with Gasteiger partial charge in [0, 0.05) is 21.1 Å². The first-order chi connectivity index (χ1) is 9.84. The topological polar surface area (TPSA) is 76.2 Å². The first-order valence-corrected chi connectivity index (χ1v) is 6.33. The molecule has 7 nitrogen and oxygen atoms in total. The second kappa shape index (κ2) is 9.57. The minimum atomic E-state index is -0.991. The number of carbonyl (C=O) groups is 3. The van der Waals surface area contributed by atoms with Crippen molar-refractivity contribution < 1.29 is 23.9 Å². The van der Waals surface area contributed by atoms with Crippen molar-refractivity contribution in [2.45, 2.75) is 12.5 Å². The molecule has 0 aliphatic carbocycles. The van der Waals surface area contributed by atoms with Gasteiger partial charge in [-0.2, -0.15) is 0 Å². The molecule has 0 fully saturated rings. The van der Waals surface area contributed by atoms with E-state index in [0.717, 1.165) is 4.90 Å². The predicted molar refractivity (Wildman–Crippen MR) is 77.6 cm³/mol. The van der Waals surface area contributed by atoms with Crippen LogP contribution >= 0.6 is 0 Å². The highest BCUT2D eigenvalue weighted by Gasteiger charge is 2.31. The highest BCUT2D eigenvalue weighted by Crippen LogP contribution is 2.09. The van der Waals surface area contributed by atoms with E-state index in [1.54, 1.807) is 0 Å². The Hall–Kier alpha value is -2.31. The Morgan fingerprint density at radius 2 is 1.57 bits per heavy atom. The maximum absolute atomic E-state index is 12.1. The number of ether oxygens (including phenoxy) is 2. The van der Waals surface area contributed by atoms with Crippen LogP contribution in [0.2, 0.25) is 0 Å². The van der Waals surface area contributed by atoms with Gasteiger partial charge in [0.2, 0.25) is 5.91 Å². The lowest BCUT2D eigenvalue weighted by molar-refractivity contribution is -0.147. The van der Waals surface area contributed by atoms with Crippen LogP contribution in [0, 0.1) is 0 Å². The summed E-state index contributed by atoms with van der Waals surface area (Å²) in [6, 6.07) is -0.991. The molecule has 0 saturated carbocycles. The van der Waals surface area contributed by atoms with Crippen molar-refractivity contribution in [3.8, 4) is 0 Å². The van der Waals surface area contributed by atoms with Crippen LogP contribution in [-0.2, 0) is 19.1 Å². The van der Waals surface area contributed by atoms with Crippen LogP contribution in [-0.4, -0.2) is 68.2 Å². The third-order valence-electron chi connectivity index (χ3n) is 2.53. The van der Waals surface area contributed by atoms with Gasteiger partial charge in [-0.15, -0.1) is 0 Å². The zero-order valence-electron chi connectivity index (χ0n) is 12.7. The molecule has 0 rings (SSSR count). The summed E-state index contributed by atoms with van der Waals surface area (Å²) in [6.07, 6.45) is 1.85. The summed E-state index contributed by atoms with van der Waals surface area (Å²) in [7, 11) is 4.46. The smallest absolute Gasteiger partial charge is 0.410 e. The Balaban J connectivity index is 4.91. The fourth-order valence-electron chi connectivity index (χ4n) is 1.42. The summed E-state index contributed by atoms with van der Waals surface area (Å²) in [5.74, 6) is -0.998. The van der Waals surface area contributed by atoms with Gasteiger partial charge < -0.3 is 14.4 Å². The van der Waals surface area contributed by atoms with Crippen molar-refractivity contribution in [2.75, 3.05) is 34.4 Å². The van der Waals surface area contributed by atoms with E-state index in [9.17, 15) is 14.4 Å². The van der Waals surface area contributed by atoms with Crippen molar-refractivity contribution in [2.24, 2.45) is 0 Å². The standard InChI is InChI=1S/C14H22N2O5/c1-6-8-20-12(17)10-11(13(18)15(3)4)16(5)14(19)21-9-7-2/h6-7,11H,1-2,8-10H2,3-5H3. The number of likely N-dealkylation sites (N-methyl/N-ethyl adjacent to an activating group) is 2. The molecule has 0 N–H and O–H groups in total. The third kappa shape index (κ3) is 6.60. The van der Waals surface area contributed by atoms with Crippen LogP contribution in [0.25, 0.3) is 0 Å². The second-order valence-corrected chi connectivity index (χ2v) is 4.40. The maximum atomic E-state index is 12.1. The van der Waals surface area contributed by atoms with E-state index < -0.39 is 24.0 Å². The zero-order valence-corrected chi connectivity index (χ0v) is 12.7. The van der Waals surface area contributed by atoms with E-state index in [4.69, 9.17) is 9.47 Å². The Morgan fingerprint density at radius 3 is 2.05 bits per heavy atom. The Morgan fingerprint density at radius 1 is 1.05 bits per heavy atom. The van der Waals surface area contributed by atoms with Crippen LogP contribution in [0.3, 0.4) is 0 Å². The lowest BCUT2D eigenvalue weighted by Crippen LogP contribution is -2.48. The maximum Gasteiger partial charge on any atom is 0.410 e. The molecule has 118 valence electrons. The summed E-state index contributed by atoms with van der Waals surface area (Å²) in [5, 5.41) is 0. The highest BCUT2D eigenvalue weighted by atomic mass is 16.6. The summed E-state index contributed by atoms with van der Waals surface area (Å²) in [5.41, 5.74) is 0. The molecule has 0 heterocycles. The van der Waals surface area contributed by atoms with Crippen molar-refractivity contribution in [1.29, 1.82) is 0 Å². The van der Waals surface area contributed by atoms with Crippen molar-refractivity contribution >= 4 is 18.0 Å². The fourth-order valence-corrected chi connectivity index (χ4v) is 1.42. The molecule has 21 heavy (non-hydrogen) atoms. The molecule has 0 spiro atoms. The molecule has 0 radical (unpaired) electrons. The predicted octanol–water partition coefficient (Wildman–Crippen LogP) is 0.817. The summed E-state index contributed by atoms with van der Waals surface area (Å²) in [6.45, 7) is 6.92. The van der Waals surface area contributed by atoms with Gasteiger partial charge in [0.1, 0.15) is 19.3 Å². The number of nitrogens with zero attached hydrogens (tertiary/aromatic N) is 2. The molecule has 0 aromatic heterocycles. The van der Waals surface area contributed by atoms with Gasteiger partial charge >= 0.3 is 12.1 Å². The van der Waals surface area contributed by atoms with Crippen LogP contribution in [0.15, 0.2) is 25.3 Å². The molecule has 0 aromatic carbocycles. The van der Waals surface area contributed by atoms with Gasteiger partial charge in [0.25, 0.3) is 0 Å². The van der Waals surface area contributed by atoms with Crippen molar-refractivity contribution in [3.63, 3.8) is 0 Å². The minimum Gasteiger partial charge on any atom is -0.461 e. The third-order valence-corrected chi connectivity index (χ3v) is 2.53. The number of rotatable bonds is 8. The number of esters is 1. The lowest BCUT2D eigenvalue weighted by Gasteiger charge is -2.27. The SMILES string of the molecule is C=CCOC(=O)CC(C(=O)N(C)C)N(C)C(=O)OCC=C. The van der Waals surface area contributed by atoms with Gasteiger partial charge in [0.15, 0.2) is 0 Å². The molecule has 2 amide bonds. The van der Waals surface area contributed by atoms with Crippen LogP contribution in [0.5, 0.6) is 0 Å². The second-order valence-electron chi connectivity index (χ2n) is 4.40. The largest absolute Gasteiger partial charge is 0.461 e. The highest BCUT2D eigenvalue weighted by molar-refractivity contribution is 5.89.